The monoisotopic (exact) mass is 347 g/mol. The maximum Gasteiger partial charge on any atom is 0.338 e. The summed E-state index contributed by atoms with van der Waals surface area (Å²) in [6, 6.07) is 1.65. The van der Waals surface area contributed by atoms with E-state index < -0.39 is 29.6 Å². The second kappa shape index (κ2) is 6.15. The van der Waals surface area contributed by atoms with Crippen LogP contribution in [0.5, 0.6) is 0 Å². The van der Waals surface area contributed by atoms with Crippen LogP contribution < -0.4 is 0 Å². The van der Waals surface area contributed by atoms with Gasteiger partial charge < -0.3 is 14.6 Å². The number of ether oxygens (including phenoxy) is 2. The average Bonchev–Trinajstić information content (AvgIpc) is 3.11. The Morgan fingerprint density at radius 1 is 1.32 bits per heavy atom. The van der Waals surface area contributed by atoms with Crippen LogP contribution in [-0.2, 0) is 25.7 Å². The third kappa shape index (κ3) is 2.89. The summed E-state index contributed by atoms with van der Waals surface area (Å²) in [6.07, 6.45) is 2.70. The number of allylic oxidation sites excluding steroid dienone is 1. The zero-order chi connectivity index (χ0) is 18.4. The lowest BCUT2D eigenvalue weighted by atomic mass is 9.85. The largest absolute Gasteiger partial charge is 0.459 e. The van der Waals surface area contributed by atoms with Gasteiger partial charge in [0.25, 0.3) is 0 Å². The SMILES string of the molecule is C/C=C1/CC(C)[C@@](C)(O)C(=O)OCc2ccn3c2[C@@H](CC3=O)OC1=O. The van der Waals surface area contributed by atoms with Crippen LogP contribution in [0.25, 0.3) is 0 Å². The Morgan fingerprint density at radius 2 is 2.04 bits per heavy atom. The van der Waals surface area contributed by atoms with E-state index >= 15 is 0 Å². The number of esters is 2. The Bertz CT molecular complexity index is 773. The van der Waals surface area contributed by atoms with Crippen LogP contribution in [0, 0.1) is 5.92 Å². The van der Waals surface area contributed by atoms with Gasteiger partial charge in [-0.3, -0.25) is 9.36 Å². The first-order chi connectivity index (χ1) is 11.8. The first-order valence-corrected chi connectivity index (χ1v) is 8.24. The number of rotatable bonds is 0. The van der Waals surface area contributed by atoms with Gasteiger partial charge in [0, 0.05) is 17.3 Å². The van der Waals surface area contributed by atoms with Crippen molar-refractivity contribution in [3.05, 3.63) is 35.2 Å². The van der Waals surface area contributed by atoms with Crippen LogP contribution in [0.4, 0.5) is 0 Å². The summed E-state index contributed by atoms with van der Waals surface area (Å²) < 4.78 is 12.2. The Morgan fingerprint density at radius 3 is 2.72 bits per heavy atom. The van der Waals surface area contributed by atoms with Crippen LogP contribution in [0.3, 0.4) is 0 Å². The summed E-state index contributed by atoms with van der Waals surface area (Å²) in [4.78, 5) is 37.0. The van der Waals surface area contributed by atoms with Gasteiger partial charge in [0.1, 0.15) is 6.61 Å². The van der Waals surface area contributed by atoms with E-state index in [-0.39, 0.29) is 25.4 Å². The van der Waals surface area contributed by atoms with E-state index in [4.69, 9.17) is 9.47 Å². The van der Waals surface area contributed by atoms with E-state index in [1.165, 1.54) is 11.5 Å². The molecule has 2 aliphatic heterocycles. The number of cyclic esters (lactones) is 1. The molecule has 0 spiro atoms. The maximum absolute atomic E-state index is 12.5. The molecule has 3 rings (SSSR count). The number of carbonyl (C=O) groups is 3. The molecule has 0 aliphatic carbocycles. The van der Waals surface area contributed by atoms with Crippen molar-refractivity contribution in [2.24, 2.45) is 5.92 Å². The molecule has 3 atom stereocenters. The van der Waals surface area contributed by atoms with Crippen LogP contribution in [0.1, 0.15) is 55.8 Å². The molecule has 25 heavy (non-hydrogen) atoms. The molecule has 0 saturated heterocycles. The highest BCUT2D eigenvalue weighted by molar-refractivity contribution is 5.90. The zero-order valence-electron chi connectivity index (χ0n) is 14.4. The van der Waals surface area contributed by atoms with E-state index in [0.717, 1.165) is 0 Å². The van der Waals surface area contributed by atoms with E-state index in [2.05, 4.69) is 0 Å². The molecule has 7 nitrogen and oxygen atoms in total. The van der Waals surface area contributed by atoms with Gasteiger partial charge in [-0.05, 0) is 32.3 Å². The molecule has 0 saturated carbocycles. The quantitative estimate of drug-likeness (QED) is 0.569. The third-order valence-electron chi connectivity index (χ3n) is 5.06. The molecule has 134 valence electrons. The van der Waals surface area contributed by atoms with Crippen molar-refractivity contribution < 1.29 is 29.0 Å². The fourth-order valence-electron chi connectivity index (χ4n) is 3.18. The Kier molecular flexibility index (Phi) is 4.28. The minimum Gasteiger partial charge on any atom is -0.459 e. The highest BCUT2D eigenvalue weighted by atomic mass is 16.6. The van der Waals surface area contributed by atoms with Crippen molar-refractivity contribution in [1.29, 1.82) is 0 Å². The number of hydrogen-bond acceptors (Lipinski definition) is 6. The van der Waals surface area contributed by atoms with Crippen molar-refractivity contribution >= 4 is 17.8 Å². The maximum atomic E-state index is 12.5. The van der Waals surface area contributed by atoms with E-state index in [9.17, 15) is 19.5 Å². The molecule has 1 aromatic rings. The van der Waals surface area contributed by atoms with Gasteiger partial charge in [-0.15, -0.1) is 0 Å². The second-order valence-corrected chi connectivity index (χ2v) is 6.73. The van der Waals surface area contributed by atoms with Gasteiger partial charge in [0.2, 0.25) is 5.91 Å². The molecule has 1 aromatic heterocycles. The van der Waals surface area contributed by atoms with Crippen LogP contribution in [-0.4, -0.2) is 33.1 Å². The summed E-state index contributed by atoms with van der Waals surface area (Å²) in [7, 11) is 0. The lowest BCUT2D eigenvalue weighted by Crippen LogP contribution is -2.43. The molecule has 1 unspecified atom stereocenters. The van der Waals surface area contributed by atoms with Crippen LogP contribution in [0.15, 0.2) is 23.9 Å². The fourth-order valence-corrected chi connectivity index (χ4v) is 3.18. The molecule has 2 aliphatic rings. The van der Waals surface area contributed by atoms with E-state index in [0.29, 0.717) is 16.8 Å². The summed E-state index contributed by atoms with van der Waals surface area (Å²) in [5, 5.41) is 10.5. The molecule has 3 heterocycles. The lowest BCUT2D eigenvalue weighted by Gasteiger charge is -2.29. The van der Waals surface area contributed by atoms with Crippen molar-refractivity contribution in [2.75, 3.05) is 0 Å². The number of carbonyl (C=O) groups excluding carboxylic acids is 3. The molecule has 0 aromatic carbocycles. The minimum absolute atomic E-state index is 0.0626. The topological polar surface area (TPSA) is 94.8 Å². The van der Waals surface area contributed by atoms with Gasteiger partial charge in [0.15, 0.2) is 11.7 Å². The predicted octanol–water partition coefficient (Wildman–Crippen LogP) is 1.90. The Labute approximate surface area is 145 Å². The summed E-state index contributed by atoms with van der Waals surface area (Å²) >= 11 is 0. The highest BCUT2D eigenvalue weighted by Gasteiger charge is 2.41. The van der Waals surface area contributed by atoms with Crippen molar-refractivity contribution in [1.82, 2.24) is 4.57 Å². The molecular weight excluding hydrogens is 326 g/mol. The van der Waals surface area contributed by atoms with E-state index in [1.54, 1.807) is 32.2 Å². The van der Waals surface area contributed by atoms with Crippen molar-refractivity contribution in [3.63, 3.8) is 0 Å². The number of aliphatic hydroxyl groups is 1. The van der Waals surface area contributed by atoms with Gasteiger partial charge in [-0.2, -0.15) is 0 Å². The molecule has 1 N–H and O–H groups in total. The van der Waals surface area contributed by atoms with Gasteiger partial charge >= 0.3 is 11.9 Å². The predicted molar refractivity (Wildman–Crippen MR) is 86.5 cm³/mol. The van der Waals surface area contributed by atoms with Gasteiger partial charge in [-0.1, -0.05) is 13.0 Å². The van der Waals surface area contributed by atoms with Crippen molar-refractivity contribution in [2.45, 2.75) is 51.9 Å². The average molecular weight is 347 g/mol. The van der Waals surface area contributed by atoms with Crippen LogP contribution >= 0.6 is 0 Å². The second-order valence-electron chi connectivity index (χ2n) is 6.73. The molecule has 0 fully saturated rings. The summed E-state index contributed by atoms with van der Waals surface area (Å²) in [5.41, 5.74) is -0.288. The number of hydrogen-bond donors (Lipinski definition) is 1. The zero-order valence-corrected chi connectivity index (χ0v) is 14.4. The van der Waals surface area contributed by atoms with Crippen LogP contribution in [0.2, 0.25) is 0 Å². The normalized spacial score (nSPS) is 31.8. The first kappa shape index (κ1) is 17.4. The summed E-state index contributed by atoms with van der Waals surface area (Å²) in [6.45, 7) is 4.64. The van der Waals surface area contributed by atoms with Crippen molar-refractivity contribution in [3.8, 4) is 0 Å². The first-order valence-electron chi connectivity index (χ1n) is 8.24. The van der Waals surface area contributed by atoms with Gasteiger partial charge in [-0.25, -0.2) is 9.59 Å². The molecule has 0 amide bonds. The Hall–Kier alpha value is -2.41. The molecular formula is C18H21NO6. The Balaban J connectivity index is 2.03. The highest BCUT2D eigenvalue weighted by Crippen LogP contribution is 2.36. The third-order valence-corrected chi connectivity index (χ3v) is 5.06. The minimum atomic E-state index is -1.74. The number of aromatic nitrogens is 1. The summed E-state index contributed by atoms with van der Waals surface area (Å²) in [5.74, 6) is -2.03. The van der Waals surface area contributed by atoms with E-state index in [1.807, 2.05) is 0 Å². The number of nitrogens with zero attached hydrogens (tertiary/aromatic N) is 1. The molecule has 0 radical (unpaired) electrons. The lowest BCUT2D eigenvalue weighted by molar-refractivity contribution is -0.171. The molecule has 7 heteroatoms. The smallest absolute Gasteiger partial charge is 0.338 e. The molecule has 0 bridgehead atoms. The fraction of sp³-hybridized carbons (Fsp3) is 0.500. The standard InChI is InChI=1S/C18H21NO6/c1-4-11-7-10(2)18(3,23)17(22)24-9-12-5-6-19-14(20)8-13(15(12)19)25-16(11)21/h4-6,10,13,23H,7-9H2,1-3H3/b11-4-/t10?,13-,18-/m1/s1. The van der Waals surface area contributed by atoms with Gasteiger partial charge in [0.05, 0.1) is 12.1 Å².